The number of nitrogens with zero attached hydrogens (tertiary/aromatic N) is 3. The van der Waals surface area contributed by atoms with Crippen molar-refractivity contribution in [1.82, 2.24) is 25.9 Å². The molecule has 6 nitrogen and oxygen atoms in total. The van der Waals surface area contributed by atoms with Gasteiger partial charge in [-0.05, 0) is 17.7 Å². The van der Waals surface area contributed by atoms with Crippen molar-refractivity contribution in [3.8, 4) is 0 Å². The third kappa shape index (κ3) is 4.13. The molecule has 2 N–H and O–H groups in total. The van der Waals surface area contributed by atoms with E-state index in [0.29, 0.717) is 18.8 Å². The molecule has 1 amide bonds. The lowest BCUT2D eigenvalue weighted by Gasteiger charge is -2.09. The molecule has 0 aliphatic heterocycles. The number of aromatic nitrogens is 4. The molecule has 0 saturated carbocycles. The maximum Gasteiger partial charge on any atom is 0.224 e. The second-order valence-corrected chi connectivity index (χ2v) is 5.20. The Morgan fingerprint density at radius 1 is 1.53 bits per heavy atom. The number of hydrogen-bond donors (Lipinski definition) is 2. The molecular weight excluding hydrogens is 310 g/mol. The van der Waals surface area contributed by atoms with Crippen LogP contribution in [0.15, 0.2) is 28.7 Å². The molecule has 19 heavy (non-hydrogen) atoms. The van der Waals surface area contributed by atoms with Crippen LogP contribution in [-0.4, -0.2) is 33.1 Å². The average molecular weight is 324 g/mol. The van der Waals surface area contributed by atoms with E-state index in [4.69, 9.17) is 0 Å². The number of rotatable bonds is 5. The first kappa shape index (κ1) is 13.7. The fourth-order valence-electron chi connectivity index (χ4n) is 1.63. The Morgan fingerprint density at radius 3 is 3.05 bits per heavy atom. The maximum absolute atomic E-state index is 11.8. The summed E-state index contributed by atoms with van der Waals surface area (Å²) in [7, 11) is 0. The minimum Gasteiger partial charge on any atom is -0.355 e. The molecular formula is C12H14BrN5O. The van der Waals surface area contributed by atoms with E-state index in [2.05, 4.69) is 41.9 Å². The van der Waals surface area contributed by atoms with Crippen molar-refractivity contribution in [1.29, 1.82) is 0 Å². The van der Waals surface area contributed by atoms with Gasteiger partial charge in [-0.2, -0.15) is 5.21 Å². The SMILES string of the molecule is C[C@@H](CNC(=O)Cc1cccc(Br)c1)c1nn[nH]n1. The Hall–Kier alpha value is -1.76. The minimum absolute atomic E-state index is 0.0200. The highest BCUT2D eigenvalue weighted by Crippen LogP contribution is 2.12. The predicted molar refractivity (Wildman–Crippen MR) is 73.4 cm³/mol. The van der Waals surface area contributed by atoms with E-state index >= 15 is 0 Å². The minimum atomic E-state index is -0.0200. The quantitative estimate of drug-likeness (QED) is 0.871. The van der Waals surface area contributed by atoms with E-state index in [9.17, 15) is 4.79 Å². The molecule has 7 heteroatoms. The van der Waals surface area contributed by atoms with Crippen LogP contribution in [0.3, 0.4) is 0 Å². The highest BCUT2D eigenvalue weighted by atomic mass is 79.9. The van der Waals surface area contributed by atoms with Crippen LogP contribution in [-0.2, 0) is 11.2 Å². The number of H-pyrrole nitrogens is 1. The number of halogens is 1. The molecule has 0 unspecified atom stereocenters. The second-order valence-electron chi connectivity index (χ2n) is 4.28. The first-order valence-electron chi connectivity index (χ1n) is 5.89. The summed E-state index contributed by atoms with van der Waals surface area (Å²) in [5.74, 6) is 0.612. The summed E-state index contributed by atoms with van der Waals surface area (Å²) >= 11 is 3.38. The summed E-state index contributed by atoms with van der Waals surface area (Å²) in [5, 5.41) is 16.5. The summed E-state index contributed by atoms with van der Waals surface area (Å²) in [6.07, 6.45) is 0.360. The zero-order chi connectivity index (χ0) is 13.7. The Balaban J connectivity index is 1.82. The number of carbonyl (C=O) groups is 1. The lowest BCUT2D eigenvalue weighted by molar-refractivity contribution is -0.120. The summed E-state index contributed by atoms with van der Waals surface area (Å²) in [6, 6.07) is 7.70. The van der Waals surface area contributed by atoms with Crippen molar-refractivity contribution in [2.75, 3.05) is 6.54 Å². The fraction of sp³-hybridized carbons (Fsp3) is 0.333. The molecule has 0 bridgehead atoms. The van der Waals surface area contributed by atoms with Crippen molar-refractivity contribution >= 4 is 21.8 Å². The Kier molecular flexibility index (Phi) is 4.62. The van der Waals surface area contributed by atoms with Crippen molar-refractivity contribution in [3.63, 3.8) is 0 Å². The zero-order valence-corrected chi connectivity index (χ0v) is 12.0. The van der Waals surface area contributed by atoms with Gasteiger partial charge in [0.1, 0.15) is 0 Å². The Bertz CT molecular complexity index is 543. The molecule has 1 heterocycles. The van der Waals surface area contributed by atoms with Crippen molar-refractivity contribution in [2.45, 2.75) is 19.3 Å². The lowest BCUT2D eigenvalue weighted by atomic mass is 10.1. The first-order chi connectivity index (χ1) is 9.15. The summed E-state index contributed by atoms with van der Waals surface area (Å²) < 4.78 is 0.970. The van der Waals surface area contributed by atoms with Gasteiger partial charge in [-0.1, -0.05) is 40.2 Å². The molecule has 1 atom stereocenters. The number of tetrazole rings is 1. The molecule has 0 fully saturated rings. The van der Waals surface area contributed by atoms with Gasteiger partial charge in [-0.15, -0.1) is 10.2 Å². The van der Waals surface area contributed by atoms with Gasteiger partial charge in [0, 0.05) is 16.9 Å². The molecule has 0 saturated heterocycles. The van der Waals surface area contributed by atoms with Crippen molar-refractivity contribution in [3.05, 3.63) is 40.1 Å². The van der Waals surface area contributed by atoms with Gasteiger partial charge in [-0.25, -0.2) is 0 Å². The second kappa shape index (κ2) is 6.42. The van der Waals surface area contributed by atoms with Crippen molar-refractivity contribution in [2.24, 2.45) is 0 Å². The molecule has 2 aromatic rings. The number of aromatic amines is 1. The molecule has 100 valence electrons. The van der Waals surface area contributed by atoms with E-state index in [1.165, 1.54) is 0 Å². The van der Waals surface area contributed by atoms with Gasteiger partial charge in [0.2, 0.25) is 5.91 Å². The number of hydrogen-bond acceptors (Lipinski definition) is 4. The van der Waals surface area contributed by atoms with Crippen LogP contribution in [0, 0.1) is 0 Å². The standard InChI is InChI=1S/C12H14BrN5O/c1-8(12-15-17-18-16-12)7-14-11(19)6-9-3-2-4-10(13)5-9/h2-5,8H,6-7H2,1H3,(H,14,19)(H,15,16,17,18)/t8-/m0/s1. The highest BCUT2D eigenvalue weighted by molar-refractivity contribution is 9.10. The maximum atomic E-state index is 11.8. The molecule has 2 rings (SSSR count). The average Bonchev–Trinajstić information content (AvgIpc) is 2.90. The van der Waals surface area contributed by atoms with E-state index in [1.807, 2.05) is 31.2 Å². The van der Waals surface area contributed by atoms with Gasteiger partial charge in [0.25, 0.3) is 0 Å². The van der Waals surface area contributed by atoms with Gasteiger partial charge >= 0.3 is 0 Å². The highest BCUT2D eigenvalue weighted by Gasteiger charge is 2.12. The van der Waals surface area contributed by atoms with Crippen LogP contribution in [0.5, 0.6) is 0 Å². The number of carbonyl (C=O) groups excluding carboxylic acids is 1. The van der Waals surface area contributed by atoms with Crippen LogP contribution in [0.2, 0.25) is 0 Å². The third-order valence-electron chi connectivity index (χ3n) is 2.66. The summed E-state index contributed by atoms with van der Waals surface area (Å²) in [4.78, 5) is 11.8. The third-order valence-corrected chi connectivity index (χ3v) is 3.15. The van der Waals surface area contributed by atoms with Crippen LogP contribution in [0.25, 0.3) is 0 Å². The topological polar surface area (TPSA) is 83.6 Å². The molecule has 0 spiro atoms. The predicted octanol–water partition coefficient (Wildman–Crippen LogP) is 1.42. The number of benzene rings is 1. The van der Waals surface area contributed by atoms with Gasteiger partial charge in [-0.3, -0.25) is 4.79 Å². The van der Waals surface area contributed by atoms with E-state index in [0.717, 1.165) is 10.0 Å². The number of amides is 1. The molecule has 0 aliphatic carbocycles. The monoisotopic (exact) mass is 323 g/mol. The van der Waals surface area contributed by atoms with E-state index < -0.39 is 0 Å². The summed E-state index contributed by atoms with van der Waals surface area (Å²) in [6.45, 7) is 2.43. The smallest absolute Gasteiger partial charge is 0.224 e. The van der Waals surface area contributed by atoms with Gasteiger partial charge in [0.15, 0.2) is 5.82 Å². The first-order valence-corrected chi connectivity index (χ1v) is 6.69. The van der Waals surface area contributed by atoms with Crippen LogP contribution in [0.1, 0.15) is 24.2 Å². The van der Waals surface area contributed by atoms with Crippen molar-refractivity contribution < 1.29 is 4.79 Å². The molecule has 0 aliphatic rings. The number of nitrogens with one attached hydrogen (secondary N) is 2. The van der Waals surface area contributed by atoms with Gasteiger partial charge < -0.3 is 5.32 Å². The van der Waals surface area contributed by atoms with Crippen LogP contribution in [0.4, 0.5) is 0 Å². The normalized spacial score (nSPS) is 12.1. The van der Waals surface area contributed by atoms with E-state index in [1.54, 1.807) is 0 Å². The Labute approximate surface area is 119 Å². The van der Waals surface area contributed by atoms with E-state index in [-0.39, 0.29) is 11.8 Å². The van der Waals surface area contributed by atoms with Crippen LogP contribution >= 0.6 is 15.9 Å². The summed E-state index contributed by atoms with van der Waals surface area (Å²) in [5.41, 5.74) is 0.971. The zero-order valence-electron chi connectivity index (χ0n) is 10.4. The Morgan fingerprint density at radius 2 is 2.37 bits per heavy atom. The molecule has 1 aromatic carbocycles. The van der Waals surface area contributed by atoms with Crippen LogP contribution < -0.4 is 5.32 Å². The molecule has 0 radical (unpaired) electrons. The lowest BCUT2D eigenvalue weighted by Crippen LogP contribution is -2.29. The van der Waals surface area contributed by atoms with Gasteiger partial charge in [0.05, 0.1) is 6.42 Å². The largest absolute Gasteiger partial charge is 0.355 e. The molecule has 1 aromatic heterocycles. The fourth-order valence-corrected chi connectivity index (χ4v) is 2.08.